The number of nitrogens with one attached hydrogen (secondary N) is 3. The Bertz CT molecular complexity index is 1780. The minimum atomic E-state index is -4.00. The van der Waals surface area contributed by atoms with Crippen molar-refractivity contribution in [2.45, 2.75) is 24.9 Å². The first-order chi connectivity index (χ1) is 21.0. The Morgan fingerprint density at radius 3 is 2.34 bits per heavy atom. The molecule has 4 rings (SSSR count). The van der Waals surface area contributed by atoms with Crippen LogP contribution in [-0.2, 0) is 37.5 Å². The molecule has 0 aliphatic heterocycles. The fourth-order valence-corrected chi connectivity index (χ4v) is 5.49. The molecule has 3 amide bonds. The second-order valence-corrected chi connectivity index (χ2v) is 12.2. The SMILES string of the molecule is Cc1ccc(S(=O)(=O)N(CC(=O)N/N=C\c2ccc(CNC(=O)C(=O)Nc3ccc(Cl)c(Cl)c3)o2)Cc2ccccc2)cc1. The van der Waals surface area contributed by atoms with Crippen molar-refractivity contribution in [3.8, 4) is 0 Å². The average Bonchev–Trinajstić information content (AvgIpc) is 3.45. The molecule has 0 radical (unpaired) electrons. The Labute approximate surface area is 263 Å². The van der Waals surface area contributed by atoms with Gasteiger partial charge in [0.15, 0.2) is 0 Å². The summed E-state index contributed by atoms with van der Waals surface area (Å²) >= 11 is 11.8. The molecule has 1 heterocycles. The maximum atomic E-state index is 13.4. The lowest BCUT2D eigenvalue weighted by Gasteiger charge is -2.21. The first-order valence-corrected chi connectivity index (χ1v) is 15.3. The quantitative estimate of drug-likeness (QED) is 0.123. The molecule has 0 aliphatic rings. The van der Waals surface area contributed by atoms with Crippen molar-refractivity contribution in [1.29, 1.82) is 0 Å². The first kappa shape index (κ1) is 32.4. The molecule has 3 N–H and O–H groups in total. The van der Waals surface area contributed by atoms with Crippen LogP contribution in [-0.4, -0.2) is 43.2 Å². The number of hydrogen-bond donors (Lipinski definition) is 3. The van der Waals surface area contributed by atoms with E-state index >= 15 is 0 Å². The Balaban J connectivity index is 1.31. The van der Waals surface area contributed by atoms with E-state index in [1.54, 1.807) is 42.5 Å². The molecule has 0 unspecified atom stereocenters. The van der Waals surface area contributed by atoms with E-state index in [0.29, 0.717) is 22.0 Å². The van der Waals surface area contributed by atoms with Crippen LogP contribution in [0.5, 0.6) is 0 Å². The minimum absolute atomic E-state index is 0.0209. The third-order valence-corrected chi connectivity index (χ3v) is 8.60. The zero-order valence-electron chi connectivity index (χ0n) is 23.3. The molecule has 14 heteroatoms. The summed E-state index contributed by atoms with van der Waals surface area (Å²) in [5, 5.41) is 9.22. The number of anilines is 1. The molecule has 11 nitrogen and oxygen atoms in total. The van der Waals surface area contributed by atoms with Gasteiger partial charge in [0.05, 0.1) is 34.2 Å². The van der Waals surface area contributed by atoms with Crippen LogP contribution in [0.25, 0.3) is 0 Å². The van der Waals surface area contributed by atoms with Gasteiger partial charge in [-0.25, -0.2) is 13.8 Å². The number of nitrogens with zero attached hydrogens (tertiary/aromatic N) is 2. The van der Waals surface area contributed by atoms with Crippen LogP contribution in [0.15, 0.2) is 99.3 Å². The van der Waals surface area contributed by atoms with Gasteiger partial charge in [0.1, 0.15) is 11.5 Å². The van der Waals surface area contributed by atoms with Crippen molar-refractivity contribution in [3.63, 3.8) is 0 Å². The summed E-state index contributed by atoms with van der Waals surface area (Å²) in [6.07, 6.45) is 1.22. The summed E-state index contributed by atoms with van der Waals surface area (Å²) in [7, 11) is -4.00. The molecular formula is C30H27Cl2N5O6S. The molecule has 0 saturated carbocycles. The standard InChI is InChI=1S/C30H27Cl2N5O6S/c1-20-7-12-25(13-8-20)44(41,42)37(18-21-5-3-2-4-6-21)19-28(38)36-34-17-24-11-10-23(43-24)16-33-29(39)30(40)35-22-9-14-26(31)27(32)15-22/h2-15,17H,16,18-19H2,1H3,(H,33,39)(H,35,40)(H,36,38)/b34-17-. The number of hydrogen-bond acceptors (Lipinski definition) is 7. The molecule has 1 aromatic heterocycles. The zero-order valence-corrected chi connectivity index (χ0v) is 25.6. The fraction of sp³-hybridized carbons (Fsp3) is 0.133. The van der Waals surface area contributed by atoms with E-state index in [9.17, 15) is 22.8 Å². The number of amides is 3. The predicted molar refractivity (Wildman–Crippen MR) is 167 cm³/mol. The predicted octanol–water partition coefficient (Wildman–Crippen LogP) is 4.49. The number of aryl methyl sites for hydroxylation is 1. The van der Waals surface area contributed by atoms with Gasteiger partial charge < -0.3 is 15.1 Å². The van der Waals surface area contributed by atoms with Crippen molar-refractivity contribution in [1.82, 2.24) is 15.0 Å². The molecule has 3 aromatic carbocycles. The van der Waals surface area contributed by atoms with Crippen LogP contribution in [0.3, 0.4) is 0 Å². The molecule has 0 spiro atoms. The van der Waals surface area contributed by atoms with Crippen molar-refractivity contribution >= 4 is 62.8 Å². The lowest BCUT2D eigenvalue weighted by Crippen LogP contribution is -2.39. The van der Waals surface area contributed by atoms with Gasteiger partial charge in [-0.15, -0.1) is 0 Å². The summed E-state index contributed by atoms with van der Waals surface area (Å²) in [5.74, 6) is -1.93. The number of hydrazone groups is 1. The minimum Gasteiger partial charge on any atom is -0.458 e. The van der Waals surface area contributed by atoms with E-state index in [-0.39, 0.29) is 28.8 Å². The summed E-state index contributed by atoms with van der Waals surface area (Å²) in [6, 6.07) is 22.8. The average molecular weight is 657 g/mol. The lowest BCUT2D eigenvalue weighted by molar-refractivity contribution is -0.136. The van der Waals surface area contributed by atoms with Crippen molar-refractivity contribution < 1.29 is 27.2 Å². The van der Waals surface area contributed by atoms with Crippen LogP contribution in [0.4, 0.5) is 5.69 Å². The van der Waals surface area contributed by atoms with Crippen LogP contribution in [0.1, 0.15) is 22.6 Å². The molecule has 0 saturated heterocycles. The maximum absolute atomic E-state index is 13.4. The largest absolute Gasteiger partial charge is 0.458 e. The van der Waals surface area contributed by atoms with E-state index in [1.807, 2.05) is 13.0 Å². The number of sulfonamides is 1. The highest BCUT2D eigenvalue weighted by molar-refractivity contribution is 7.89. The third-order valence-electron chi connectivity index (χ3n) is 6.05. The highest BCUT2D eigenvalue weighted by Crippen LogP contribution is 2.25. The number of carbonyl (C=O) groups is 3. The van der Waals surface area contributed by atoms with Crippen molar-refractivity contribution in [3.05, 3.63) is 118 Å². The summed E-state index contributed by atoms with van der Waals surface area (Å²) in [4.78, 5) is 37.1. The molecule has 228 valence electrons. The van der Waals surface area contributed by atoms with Gasteiger partial charge in [0, 0.05) is 12.2 Å². The second kappa shape index (κ2) is 14.8. The van der Waals surface area contributed by atoms with Gasteiger partial charge in [-0.1, -0.05) is 71.2 Å². The van der Waals surface area contributed by atoms with Crippen molar-refractivity contribution in [2.75, 3.05) is 11.9 Å². The molecule has 44 heavy (non-hydrogen) atoms. The summed E-state index contributed by atoms with van der Waals surface area (Å²) in [5.41, 5.74) is 4.22. The number of rotatable bonds is 11. The van der Waals surface area contributed by atoms with E-state index < -0.39 is 34.3 Å². The van der Waals surface area contributed by atoms with Crippen LogP contribution in [0.2, 0.25) is 10.0 Å². The fourth-order valence-electron chi connectivity index (χ4n) is 3.80. The number of halogens is 2. The molecular weight excluding hydrogens is 629 g/mol. The van der Waals surface area contributed by atoms with Crippen LogP contribution < -0.4 is 16.1 Å². The highest BCUT2D eigenvalue weighted by Gasteiger charge is 2.27. The van der Waals surface area contributed by atoms with Gasteiger partial charge in [-0.05, 0) is 55.0 Å². The normalized spacial score (nSPS) is 11.5. The number of benzene rings is 3. The second-order valence-electron chi connectivity index (χ2n) is 9.43. The Kier molecular flexibility index (Phi) is 10.9. The summed E-state index contributed by atoms with van der Waals surface area (Å²) in [6.45, 7) is 1.25. The topological polar surface area (TPSA) is 150 Å². The van der Waals surface area contributed by atoms with E-state index in [2.05, 4.69) is 21.2 Å². The molecule has 0 bridgehead atoms. The number of furan rings is 1. The van der Waals surface area contributed by atoms with Gasteiger partial charge in [0.2, 0.25) is 10.0 Å². The lowest BCUT2D eigenvalue weighted by atomic mass is 10.2. The molecule has 0 fully saturated rings. The third kappa shape index (κ3) is 9.01. The Hall–Kier alpha value is -4.49. The van der Waals surface area contributed by atoms with Gasteiger partial charge in [0.25, 0.3) is 5.91 Å². The van der Waals surface area contributed by atoms with Crippen molar-refractivity contribution in [2.24, 2.45) is 5.10 Å². The molecule has 4 aromatic rings. The van der Waals surface area contributed by atoms with Crippen LogP contribution in [0, 0.1) is 6.92 Å². The Morgan fingerprint density at radius 1 is 0.909 bits per heavy atom. The highest BCUT2D eigenvalue weighted by atomic mass is 35.5. The maximum Gasteiger partial charge on any atom is 0.313 e. The van der Waals surface area contributed by atoms with Gasteiger partial charge in [-0.2, -0.15) is 9.41 Å². The van der Waals surface area contributed by atoms with E-state index in [4.69, 9.17) is 27.6 Å². The monoisotopic (exact) mass is 655 g/mol. The summed E-state index contributed by atoms with van der Waals surface area (Å²) < 4.78 is 33.4. The van der Waals surface area contributed by atoms with E-state index in [0.717, 1.165) is 9.87 Å². The first-order valence-electron chi connectivity index (χ1n) is 13.1. The number of carbonyl (C=O) groups excluding carboxylic acids is 3. The zero-order chi connectivity index (χ0) is 31.7. The van der Waals surface area contributed by atoms with Gasteiger partial charge >= 0.3 is 11.8 Å². The smallest absolute Gasteiger partial charge is 0.313 e. The molecule has 0 atom stereocenters. The van der Waals surface area contributed by atoms with E-state index in [1.165, 1.54) is 42.6 Å². The van der Waals surface area contributed by atoms with Crippen LogP contribution >= 0.6 is 23.2 Å². The van der Waals surface area contributed by atoms with Gasteiger partial charge in [-0.3, -0.25) is 14.4 Å². The Morgan fingerprint density at radius 2 is 1.64 bits per heavy atom. The molecule has 0 aliphatic carbocycles.